The molecule has 5 heteroatoms. The Kier molecular flexibility index (Phi) is 4.95. The van der Waals surface area contributed by atoms with Crippen LogP contribution in [0.5, 0.6) is 0 Å². The largest absolute Gasteiger partial charge is 0.384 e. The second kappa shape index (κ2) is 6.41. The number of halogens is 1. The molecule has 1 unspecified atom stereocenters. The fraction of sp³-hybridized carbons (Fsp3) is 0.353. The molecule has 1 aromatic carbocycles. The maximum absolute atomic E-state index is 12.5. The highest BCUT2D eigenvalue weighted by atomic mass is 35.5. The average Bonchev–Trinajstić information content (AvgIpc) is 2.99. The van der Waals surface area contributed by atoms with Crippen molar-refractivity contribution in [2.45, 2.75) is 31.8 Å². The van der Waals surface area contributed by atoms with Gasteiger partial charge < -0.3 is 10.4 Å². The highest BCUT2D eigenvalue weighted by Gasteiger charge is 2.32. The number of amides is 1. The van der Waals surface area contributed by atoms with Crippen LogP contribution in [-0.2, 0) is 15.8 Å². The Balaban J connectivity index is 2.08. The molecule has 1 aromatic heterocycles. The van der Waals surface area contributed by atoms with Crippen LogP contribution in [0.25, 0.3) is 0 Å². The third kappa shape index (κ3) is 3.69. The van der Waals surface area contributed by atoms with Crippen molar-refractivity contribution in [1.82, 2.24) is 5.32 Å². The molecule has 0 aliphatic carbocycles. The van der Waals surface area contributed by atoms with Crippen molar-refractivity contribution in [3.63, 3.8) is 0 Å². The molecule has 2 rings (SSSR count). The van der Waals surface area contributed by atoms with E-state index in [1.807, 2.05) is 42.8 Å². The Hall–Kier alpha value is -1.36. The smallest absolute Gasteiger partial charge is 0.230 e. The molecule has 3 nitrogen and oxygen atoms in total. The zero-order chi connectivity index (χ0) is 16.4. The third-order valence-electron chi connectivity index (χ3n) is 3.85. The topological polar surface area (TPSA) is 49.3 Å². The van der Waals surface area contributed by atoms with E-state index < -0.39 is 11.0 Å². The monoisotopic (exact) mass is 337 g/mol. The van der Waals surface area contributed by atoms with E-state index in [1.165, 1.54) is 11.3 Å². The van der Waals surface area contributed by atoms with E-state index in [9.17, 15) is 9.90 Å². The molecule has 0 radical (unpaired) electrons. The molecular weight excluding hydrogens is 318 g/mol. The number of carbonyl (C=O) groups is 1. The van der Waals surface area contributed by atoms with Crippen molar-refractivity contribution in [3.8, 4) is 0 Å². The van der Waals surface area contributed by atoms with Crippen LogP contribution >= 0.6 is 22.9 Å². The number of aliphatic hydroxyl groups is 1. The van der Waals surface area contributed by atoms with E-state index in [4.69, 9.17) is 11.6 Å². The molecule has 22 heavy (non-hydrogen) atoms. The summed E-state index contributed by atoms with van der Waals surface area (Å²) < 4.78 is 0. The minimum atomic E-state index is -1.08. The number of benzene rings is 1. The first-order valence-electron chi connectivity index (χ1n) is 7.03. The van der Waals surface area contributed by atoms with Gasteiger partial charge in [0.25, 0.3) is 0 Å². The Morgan fingerprint density at radius 3 is 2.59 bits per heavy atom. The fourth-order valence-electron chi connectivity index (χ4n) is 2.15. The fourth-order valence-corrected chi connectivity index (χ4v) is 3.13. The molecule has 0 saturated carbocycles. The minimum Gasteiger partial charge on any atom is -0.384 e. The van der Waals surface area contributed by atoms with Crippen molar-refractivity contribution >= 4 is 28.8 Å². The predicted molar refractivity (Wildman–Crippen MR) is 91.4 cm³/mol. The van der Waals surface area contributed by atoms with Gasteiger partial charge in [-0.05, 0) is 60.9 Å². The number of carbonyl (C=O) groups excluding carboxylic acids is 1. The lowest BCUT2D eigenvalue weighted by atomic mass is 9.83. The van der Waals surface area contributed by atoms with Gasteiger partial charge in [-0.15, -0.1) is 0 Å². The Morgan fingerprint density at radius 1 is 1.27 bits per heavy atom. The van der Waals surface area contributed by atoms with Gasteiger partial charge in [0.1, 0.15) is 5.60 Å². The van der Waals surface area contributed by atoms with Crippen LogP contribution in [0, 0.1) is 0 Å². The van der Waals surface area contributed by atoms with Crippen molar-refractivity contribution < 1.29 is 9.90 Å². The molecule has 2 aromatic rings. The molecule has 0 saturated heterocycles. The molecule has 118 valence electrons. The number of hydrogen-bond acceptors (Lipinski definition) is 3. The number of rotatable bonds is 5. The van der Waals surface area contributed by atoms with Crippen molar-refractivity contribution in [2.24, 2.45) is 0 Å². The minimum absolute atomic E-state index is 0.148. The molecule has 0 spiro atoms. The van der Waals surface area contributed by atoms with Gasteiger partial charge in [-0.25, -0.2) is 0 Å². The molecule has 0 aliphatic heterocycles. The number of thiophene rings is 1. The zero-order valence-electron chi connectivity index (χ0n) is 12.9. The first-order valence-corrected chi connectivity index (χ1v) is 8.35. The molecule has 1 heterocycles. The first-order chi connectivity index (χ1) is 10.2. The van der Waals surface area contributed by atoms with Crippen LogP contribution in [0.4, 0.5) is 0 Å². The van der Waals surface area contributed by atoms with E-state index >= 15 is 0 Å². The third-order valence-corrected chi connectivity index (χ3v) is 4.77. The average molecular weight is 338 g/mol. The van der Waals surface area contributed by atoms with Gasteiger partial charge in [0.15, 0.2) is 0 Å². The van der Waals surface area contributed by atoms with Gasteiger partial charge in [-0.3, -0.25) is 4.79 Å². The van der Waals surface area contributed by atoms with Gasteiger partial charge in [0, 0.05) is 5.02 Å². The maximum atomic E-state index is 12.5. The second-order valence-electron chi connectivity index (χ2n) is 6.10. The van der Waals surface area contributed by atoms with Crippen LogP contribution in [0.2, 0.25) is 5.02 Å². The summed E-state index contributed by atoms with van der Waals surface area (Å²) in [6, 6.07) is 9.13. The summed E-state index contributed by atoms with van der Waals surface area (Å²) >= 11 is 7.52. The summed E-state index contributed by atoms with van der Waals surface area (Å²) in [7, 11) is 0. The molecule has 0 fully saturated rings. The Labute approximate surface area is 139 Å². The van der Waals surface area contributed by atoms with Crippen molar-refractivity contribution in [2.75, 3.05) is 6.54 Å². The van der Waals surface area contributed by atoms with Crippen molar-refractivity contribution in [1.29, 1.82) is 0 Å². The molecular formula is C17H20ClNO2S. The van der Waals surface area contributed by atoms with E-state index in [0.717, 1.165) is 11.1 Å². The van der Waals surface area contributed by atoms with Crippen molar-refractivity contribution in [3.05, 3.63) is 57.2 Å². The summed E-state index contributed by atoms with van der Waals surface area (Å²) in [5, 5.41) is 17.7. The molecule has 1 atom stereocenters. The molecule has 0 aliphatic rings. The molecule has 0 bridgehead atoms. The predicted octanol–water partition coefficient (Wildman–Crippen LogP) is 3.70. The molecule has 1 amide bonds. The lowest BCUT2D eigenvalue weighted by Crippen LogP contribution is -2.45. The van der Waals surface area contributed by atoms with Gasteiger partial charge in [0.2, 0.25) is 5.91 Å². The van der Waals surface area contributed by atoms with Gasteiger partial charge in [-0.1, -0.05) is 23.7 Å². The SMILES string of the molecule is CC(O)(CNC(=O)C(C)(C)c1cccc(Cl)c1)c1ccsc1. The van der Waals surface area contributed by atoms with Crippen LogP contribution in [0.15, 0.2) is 41.1 Å². The first kappa shape index (κ1) is 17.0. The van der Waals surface area contributed by atoms with E-state index in [-0.39, 0.29) is 12.5 Å². The number of hydrogen-bond donors (Lipinski definition) is 2. The van der Waals surface area contributed by atoms with E-state index in [1.54, 1.807) is 19.1 Å². The van der Waals surface area contributed by atoms with Crippen LogP contribution in [0.3, 0.4) is 0 Å². The van der Waals surface area contributed by atoms with Gasteiger partial charge in [-0.2, -0.15) is 11.3 Å². The van der Waals surface area contributed by atoms with Gasteiger partial charge >= 0.3 is 0 Å². The summed E-state index contributed by atoms with van der Waals surface area (Å²) in [6.07, 6.45) is 0. The molecule has 2 N–H and O–H groups in total. The summed E-state index contributed by atoms with van der Waals surface area (Å²) in [4.78, 5) is 12.5. The summed E-state index contributed by atoms with van der Waals surface area (Å²) in [5.74, 6) is -0.148. The highest BCUT2D eigenvalue weighted by Crippen LogP contribution is 2.27. The van der Waals surface area contributed by atoms with Crippen LogP contribution in [0.1, 0.15) is 31.9 Å². The van der Waals surface area contributed by atoms with Crippen LogP contribution < -0.4 is 5.32 Å². The Bertz CT molecular complexity index is 650. The highest BCUT2D eigenvalue weighted by molar-refractivity contribution is 7.08. The van der Waals surface area contributed by atoms with Gasteiger partial charge in [0.05, 0.1) is 12.0 Å². The lowest BCUT2D eigenvalue weighted by molar-refractivity contribution is -0.126. The zero-order valence-corrected chi connectivity index (χ0v) is 14.5. The van der Waals surface area contributed by atoms with E-state index in [0.29, 0.717) is 5.02 Å². The summed E-state index contributed by atoms with van der Waals surface area (Å²) in [5.41, 5.74) is -0.165. The lowest BCUT2D eigenvalue weighted by Gasteiger charge is -2.28. The van der Waals surface area contributed by atoms with Crippen LogP contribution in [-0.4, -0.2) is 17.6 Å². The second-order valence-corrected chi connectivity index (χ2v) is 7.32. The standard InChI is InChI=1S/C17H20ClNO2S/c1-16(2,12-5-4-6-14(18)9-12)15(20)19-11-17(3,21)13-7-8-22-10-13/h4-10,21H,11H2,1-3H3,(H,19,20). The van der Waals surface area contributed by atoms with E-state index in [2.05, 4.69) is 5.32 Å². The number of nitrogens with one attached hydrogen (secondary N) is 1. The quantitative estimate of drug-likeness (QED) is 0.874. The maximum Gasteiger partial charge on any atom is 0.230 e. The normalized spacial score (nSPS) is 14.4. The Morgan fingerprint density at radius 2 is 2.00 bits per heavy atom. The summed E-state index contributed by atoms with van der Waals surface area (Å²) in [6.45, 7) is 5.54.